The van der Waals surface area contributed by atoms with Crippen LogP contribution in [0.1, 0.15) is 24.2 Å². The SMILES string of the molecule is CC(F)c1cccc(/C=C/CN)c1. The number of hydrogen-bond donors (Lipinski definition) is 1. The van der Waals surface area contributed by atoms with E-state index >= 15 is 0 Å². The van der Waals surface area contributed by atoms with Crippen LogP contribution in [0.3, 0.4) is 0 Å². The number of nitrogens with two attached hydrogens (primary N) is 1. The maximum absolute atomic E-state index is 12.9. The molecule has 0 spiro atoms. The van der Waals surface area contributed by atoms with E-state index in [1.807, 2.05) is 30.4 Å². The van der Waals surface area contributed by atoms with Crippen LogP contribution in [0.4, 0.5) is 4.39 Å². The van der Waals surface area contributed by atoms with E-state index in [-0.39, 0.29) is 0 Å². The summed E-state index contributed by atoms with van der Waals surface area (Å²) in [4.78, 5) is 0. The second-order valence-electron chi connectivity index (χ2n) is 2.92. The monoisotopic (exact) mass is 179 g/mol. The second kappa shape index (κ2) is 4.77. The van der Waals surface area contributed by atoms with Crippen LogP contribution < -0.4 is 5.73 Å². The Bertz CT molecular complexity index is 292. The molecular weight excluding hydrogens is 165 g/mol. The van der Waals surface area contributed by atoms with Crippen LogP contribution >= 0.6 is 0 Å². The van der Waals surface area contributed by atoms with Gasteiger partial charge in [-0.15, -0.1) is 0 Å². The Balaban J connectivity index is 2.85. The van der Waals surface area contributed by atoms with Gasteiger partial charge in [0.25, 0.3) is 0 Å². The number of hydrogen-bond acceptors (Lipinski definition) is 1. The predicted molar refractivity (Wildman–Crippen MR) is 54.1 cm³/mol. The molecule has 1 unspecified atom stereocenters. The fraction of sp³-hybridized carbons (Fsp3) is 0.273. The molecule has 1 atom stereocenters. The highest BCUT2D eigenvalue weighted by Gasteiger charge is 2.01. The molecule has 1 rings (SSSR count). The average Bonchev–Trinajstić information content (AvgIpc) is 2.15. The minimum Gasteiger partial charge on any atom is -0.327 e. The van der Waals surface area contributed by atoms with Gasteiger partial charge in [-0.25, -0.2) is 4.39 Å². The molecule has 0 aliphatic carbocycles. The van der Waals surface area contributed by atoms with Crippen molar-refractivity contribution in [1.82, 2.24) is 0 Å². The molecule has 0 radical (unpaired) electrons. The molecule has 1 nitrogen and oxygen atoms in total. The molecule has 70 valence electrons. The third-order valence-corrected chi connectivity index (χ3v) is 1.82. The van der Waals surface area contributed by atoms with Crippen molar-refractivity contribution in [3.05, 3.63) is 41.5 Å². The third-order valence-electron chi connectivity index (χ3n) is 1.82. The van der Waals surface area contributed by atoms with Gasteiger partial charge in [0, 0.05) is 6.54 Å². The maximum atomic E-state index is 12.9. The first-order chi connectivity index (χ1) is 6.24. The molecule has 0 saturated carbocycles. The quantitative estimate of drug-likeness (QED) is 0.758. The first-order valence-corrected chi connectivity index (χ1v) is 4.34. The van der Waals surface area contributed by atoms with Gasteiger partial charge < -0.3 is 5.73 Å². The molecule has 0 aliphatic rings. The Labute approximate surface area is 78.1 Å². The fourth-order valence-corrected chi connectivity index (χ4v) is 1.11. The van der Waals surface area contributed by atoms with E-state index in [9.17, 15) is 4.39 Å². The summed E-state index contributed by atoms with van der Waals surface area (Å²) in [5.41, 5.74) is 7.01. The smallest absolute Gasteiger partial charge is 0.122 e. The predicted octanol–water partition coefficient (Wildman–Crippen LogP) is 2.69. The molecule has 0 heterocycles. The summed E-state index contributed by atoms with van der Waals surface area (Å²) in [7, 11) is 0. The summed E-state index contributed by atoms with van der Waals surface area (Å²) in [5, 5.41) is 0. The summed E-state index contributed by atoms with van der Waals surface area (Å²) in [6, 6.07) is 7.39. The summed E-state index contributed by atoms with van der Waals surface area (Å²) in [6.07, 6.45) is 2.83. The van der Waals surface area contributed by atoms with Crippen molar-refractivity contribution in [3.8, 4) is 0 Å². The van der Waals surface area contributed by atoms with E-state index < -0.39 is 6.17 Å². The Morgan fingerprint density at radius 3 is 2.92 bits per heavy atom. The fourth-order valence-electron chi connectivity index (χ4n) is 1.11. The molecular formula is C11H14FN. The molecule has 0 amide bonds. The molecule has 13 heavy (non-hydrogen) atoms. The van der Waals surface area contributed by atoms with E-state index in [1.54, 1.807) is 6.07 Å². The lowest BCUT2D eigenvalue weighted by molar-refractivity contribution is 0.374. The van der Waals surface area contributed by atoms with Crippen molar-refractivity contribution in [2.24, 2.45) is 5.73 Å². The van der Waals surface area contributed by atoms with E-state index in [1.165, 1.54) is 6.92 Å². The van der Waals surface area contributed by atoms with Crippen LogP contribution in [0.5, 0.6) is 0 Å². The summed E-state index contributed by atoms with van der Waals surface area (Å²) in [6.45, 7) is 2.04. The highest BCUT2D eigenvalue weighted by molar-refractivity contribution is 5.50. The number of halogens is 1. The van der Waals surface area contributed by atoms with Crippen molar-refractivity contribution in [3.63, 3.8) is 0 Å². The van der Waals surface area contributed by atoms with Crippen molar-refractivity contribution in [1.29, 1.82) is 0 Å². The van der Waals surface area contributed by atoms with Gasteiger partial charge in [-0.2, -0.15) is 0 Å². The zero-order chi connectivity index (χ0) is 9.68. The molecule has 0 bridgehead atoms. The third kappa shape index (κ3) is 2.99. The van der Waals surface area contributed by atoms with Gasteiger partial charge in [0.1, 0.15) is 6.17 Å². The van der Waals surface area contributed by atoms with Crippen LogP contribution in [0, 0.1) is 0 Å². The minimum absolute atomic E-state index is 0.509. The molecule has 2 N–H and O–H groups in total. The first kappa shape index (κ1) is 9.93. The van der Waals surface area contributed by atoms with Gasteiger partial charge >= 0.3 is 0 Å². The van der Waals surface area contributed by atoms with Crippen molar-refractivity contribution < 1.29 is 4.39 Å². The van der Waals surface area contributed by atoms with Crippen LogP contribution in [-0.2, 0) is 0 Å². The van der Waals surface area contributed by atoms with Gasteiger partial charge in [0.2, 0.25) is 0 Å². The van der Waals surface area contributed by atoms with E-state index in [0.717, 1.165) is 5.56 Å². The number of benzene rings is 1. The second-order valence-corrected chi connectivity index (χ2v) is 2.92. The lowest BCUT2D eigenvalue weighted by Crippen LogP contribution is -1.92. The largest absolute Gasteiger partial charge is 0.327 e. The van der Waals surface area contributed by atoms with E-state index in [2.05, 4.69) is 0 Å². The van der Waals surface area contributed by atoms with Crippen molar-refractivity contribution in [2.75, 3.05) is 6.54 Å². The number of rotatable bonds is 3. The van der Waals surface area contributed by atoms with Gasteiger partial charge in [-0.1, -0.05) is 30.4 Å². The Morgan fingerprint density at radius 2 is 2.31 bits per heavy atom. The molecule has 1 aromatic carbocycles. The van der Waals surface area contributed by atoms with Crippen LogP contribution in [-0.4, -0.2) is 6.54 Å². The van der Waals surface area contributed by atoms with Gasteiger partial charge in [0.05, 0.1) is 0 Å². The molecule has 1 aromatic rings. The first-order valence-electron chi connectivity index (χ1n) is 4.34. The van der Waals surface area contributed by atoms with Crippen molar-refractivity contribution in [2.45, 2.75) is 13.1 Å². The van der Waals surface area contributed by atoms with Crippen LogP contribution in [0.15, 0.2) is 30.3 Å². The normalized spacial score (nSPS) is 13.5. The van der Waals surface area contributed by atoms with E-state index in [4.69, 9.17) is 5.73 Å². The Hall–Kier alpha value is -1.15. The van der Waals surface area contributed by atoms with Gasteiger partial charge in [-0.3, -0.25) is 0 Å². The minimum atomic E-state index is -0.911. The Morgan fingerprint density at radius 1 is 1.54 bits per heavy atom. The summed E-state index contributed by atoms with van der Waals surface area (Å²) >= 11 is 0. The summed E-state index contributed by atoms with van der Waals surface area (Å²) < 4.78 is 12.9. The number of alkyl halides is 1. The molecule has 0 aromatic heterocycles. The van der Waals surface area contributed by atoms with Gasteiger partial charge in [-0.05, 0) is 24.1 Å². The highest BCUT2D eigenvalue weighted by atomic mass is 19.1. The average molecular weight is 179 g/mol. The zero-order valence-corrected chi connectivity index (χ0v) is 7.70. The maximum Gasteiger partial charge on any atom is 0.122 e. The molecule has 2 heteroatoms. The lowest BCUT2D eigenvalue weighted by atomic mass is 10.1. The zero-order valence-electron chi connectivity index (χ0n) is 7.70. The highest BCUT2D eigenvalue weighted by Crippen LogP contribution is 2.17. The lowest BCUT2D eigenvalue weighted by Gasteiger charge is -2.02. The van der Waals surface area contributed by atoms with E-state index in [0.29, 0.717) is 12.1 Å². The standard InChI is InChI=1S/C11H14FN/c1-9(12)11-6-2-4-10(8-11)5-3-7-13/h2-6,8-9H,7,13H2,1H3/b5-3+. The Kier molecular flexibility index (Phi) is 3.65. The summed E-state index contributed by atoms with van der Waals surface area (Å²) in [5.74, 6) is 0. The van der Waals surface area contributed by atoms with Crippen molar-refractivity contribution >= 4 is 6.08 Å². The molecule has 0 fully saturated rings. The van der Waals surface area contributed by atoms with Crippen LogP contribution in [0.2, 0.25) is 0 Å². The van der Waals surface area contributed by atoms with Crippen LogP contribution in [0.25, 0.3) is 6.08 Å². The van der Waals surface area contributed by atoms with Gasteiger partial charge in [0.15, 0.2) is 0 Å². The molecule has 0 aliphatic heterocycles. The topological polar surface area (TPSA) is 26.0 Å². The molecule has 0 saturated heterocycles.